The highest BCUT2D eigenvalue weighted by Gasteiger charge is 2.31. The van der Waals surface area contributed by atoms with Gasteiger partial charge in [0, 0.05) is 19.7 Å². The Labute approximate surface area is 75.7 Å². The molecule has 1 N–H and O–H groups in total. The average Bonchev–Trinajstić information content (AvgIpc) is 2.71. The van der Waals surface area contributed by atoms with Crippen molar-refractivity contribution < 1.29 is 9.94 Å². The summed E-state index contributed by atoms with van der Waals surface area (Å²) >= 11 is 0. The molecule has 0 spiro atoms. The summed E-state index contributed by atoms with van der Waals surface area (Å²) in [5.74, 6) is 0. The molecule has 1 aromatic rings. The minimum atomic E-state index is -0.135. The number of aromatic nitrogens is 3. The van der Waals surface area contributed by atoms with Gasteiger partial charge >= 0.3 is 0 Å². The van der Waals surface area contributed by atoms with Crippen LogP contribution in [-0.4, -0.2) is 44.9 Å². The maximum Gasteiger partial charge on any atom is 0.174 e. The molecule has 2 heterocycles. The molecule has 0 amide bonds. The lowest BCUT2D eigenvalue weighted by atomic mass is 10.2. The lowest BCUT2D eigenvalue weighted by Gasteiger charge is -2.13. The lowest BCUT2D eigenvalue weighted by Crippen LogP contribution is -2.26. The summed E-state index contributed by atoms with van der Waals surface area (Å²) in [4.78, 5) is 5.44. The Morgan fingerprint density at radius 1 is 1.69 bits per heavy atom. The summed E-state index contributed by atoms with van der Waals surface area (Å²) in [7, 11) is 1.80. The van der Waals surface area contributed by atoms with Crippen molar-refractivity contribution in [2.24, 2.45) is 0 Å². The average molecular weight is 184 g/mol. The van der Waals surface area contributed by atoms with Gasteiger partial charge in [-0.25, -0.2) is 4.68 Å². The fourth-order valence-corrected chi connectivity index (χ4v) is 1.42. The maximum atomic E-state index is 8.98. The third-order valence-corrected chi connectivity index (χ3v) is 2.22. The fraction of sp³-hybridized carbons (Fsp3) is 0.714. The molecular formula is C7H12N4O2. The molecule has 0 radical (unpaired) electrons. The molecule has 72 valence electrons. The molecule has 1 saturated heterocycles. The molecule has 1 aliphatic rings. The largest absolute Gasteiger partial charge is 0.395 e. The normalized spacial score (nSPS) is 29.7. The van der Waals surface area contributed by atoms with Crippen molar-refractivity contribution in [1.29, 1.82) is 0 Å². The molecule has 2 atom stereocenters. The molecule has 1 aromatic heterocycles. The lowest BCUT2D eigenvalue weighted by molar-refractivity contribution is -0.172. The number of aliphatic hydroxyl groups is 1. The van der Waals surface area contributed by atoms with Crippen molar-refractivity contribution in [3.05, 3.63) is 12.4 Å². The highest BCUT2D eigenvalue weighted by molar-refractivity contribution is 4.76. The van der Waals surface area contributed by atoms with Crippen molar-refractivity contribution in [3.8, 4) is 0 Å². The first-order chi connectivity index (χ1) is 6.31. The quantitative estimate of drug-likeness (QED) is 0.665. The van der Waals surface area contributed by atoms with Crippen LogP contribution in [0.25, 0.3) is 0 Å². The Bertz CT molecular complexity index is 263. The molecule has 0 bridgehead atoms. The summed E-state index contributed by atoms with van der Waals surface area (Å²) in [5, 5.41) is 18.2. The van der Waals surface area contributed by atoms with Crippen molar-refractivity contribution >= 4 is 0 Å². The molecule has 0 saturated carbocycles. The second-order valence-corrected chi connectivity index (χ2v) is 3.06. The summed E-state index contributed by atoms with van der Waals surface area (Å²) in [6.07, 6.45) is 3.95. The maximum absolute atomic E-state index is 8.98. The number of aliphatic hydroxyl groups excluding tert-OH is 1. The highest BCUT2D eigenvalue weighted by Crippen LogP contribution is 2.25. The zero-order chi connectivity index (χ0) is 9.26. The van der Waals surface area contributed by atoms with E-state index in [1.54, 1.807) is 29.2 Å². The van der Waals surface area contributed by atoms with Crippen molar-refractivity contribution in [2.45, 2.75) is 18.7 Å². The summed E-state index contributed by atoms with van der Waals surface area (Å²) in [6.45, 7) is 0.0989. The van der Waals surface area contributed by atoms with Crippen LogP contribution in [0.1, 0.15) is 12.6 Å². The SMILES string of the molecule is CN1O[C@H](n2ccnn2)C[C@@H]1CO. The molecule has 1 fully saturated rings. The van der Waals surface area contributed by atoms with Crippen LogP contribution in [0, 0.1) is 0 Å². The zero-order valence-electron chi connectivity index (χ0n) is 7.37. The van der Waals surface area contributed by atoms with Gasteiger partial charge in [-0.05, 0) is 0 Å². The van der Waals surface area contributed by atoms with Gasteiger partial charge in [0.25, 0.3) is 0 Å². The Morgan fingerprint density at radius 2 is 2.54 bits per heavy atom. The minimum absolute atomic E-state index is 0.0502. The van der Waals surface area contributed by atoms with E-state index in [-0.39, 0.29) is 18.9 Å². The first kappa shape index (κ1) is 8.61. The Morgan fingerprint density at radius 3 is 3.08 bits per heavy atom. The second kappa shape index (κ2) is 3.41. The number of hydrogen-bond donors (Lipinski definition) is 1. The van der Waals surface area contributed by atoms with Crippen LogP contribution in [0.2, 0.25) is 0 Å². The summed E-state index contributed by atoms with van der Waals surface area (Å²) < 4.78 is 1.64. The zero-order valence-corrected chi connectivity index (χ0v) is 7.37. The Kier molecular flexibility index (Phi) is 2.26. The molecule has 13 heavy (non-hydrogen) atoms. The highest BCUT2D eigenvalue weighted by atomic mass is 16.7. The van der Waals surface area contributed by atoms with Gasteiger partial charge in [0.15, 0.2) is 6.23 Å². The monoisotopic (exact) mass is 184 g/mol. The first-order valence-electron chi connectivity index (χ1n) is 4.17. The number of rotatable bonds is 2. The van der Waals surface area contributed by atoms with Crippen molar-refractivity contribution in [3.63, 3.8) is 0 Å². The standard InChI is InChI=1S/C7H12N4O2/c1-10-6(5-12)4-7(13-10)11-3-2-8-9-11/h2-3,6-7,12H,4-5H2,1H3/t6-,7+/m1/s1. The number of hydrogen-bond acceptors (Lipinski definition) is 5. The summed E-state index contributed by atoms with van der Waals surface area (Å²) in [5.41, 5.74) is 0. The molecule has 2 rings (SSSR count). The molecule has 6 heteroatoms. The van der Waals surface area contributed by atoms with E-state index in [1.165, 1.54) is 0 Å². The van der Waals surface area contributed by atoms with Crippen LogP contribution in [-0.2, 0) is 4.84 Å². The predicted octanol–water partition coefficient (Wildman–Crippen LogP) is -0.595. The summed E-state index contributed by atoms with van der Waals surface area (Å²) in [6, 6.07) is 0.0502. The van der Waals surface area contributed by atoms with E-state index < -0.39 is 0 Å². The Balaban J connectivity index is 2.05. The van der Waals surface area contributed by atoms with E-state index in [0.717, 1.165) is 6.42 Å². The van der Waals surface area contributed by atoms with Crippen LogP contribution in [0.15, 0.2) is 12.4 Å². The fourth-order valence-electron chi connectivity index (χ4n) is 1.42. The molecule has 6 nitrogen and oxygen atoms in total. The topological polar surface area (TPSA) is 63.4 Å². The van der Waals surface area contributed by atoms with Crippen LogP contribution in [0.4, 0.5) is 0 Å². The van der Waals surface area contributed by atoms with E-state index >= 15 is 0 Å². The number of likely N-dealkylation sites (N-methyl/N-ethyl adjacent to an activating group) is 1. The molecule has 0 aliphatic carbocycles. The van der Waals surface area contributed by atoms with E-state index in [4.69, 9.17) is 9.94 Å². The minimum Gasteiger partial charge on any atom is -0.395 e. The van der Waals surface area contributed by atoms with E-state index in [2.05, 4.69) is 10.3 Å². The van der Waals surface area contributed by atoms with Crippen LogP contribution >= 0.6 is 0 Å². The van der Waals surface area contributed by atoms with Crippen molar-refractivity contribution in [1.82, 2.24) is 20.1 Å². The molecule has 0 aromatic carbocycles. The van der Waals surface area contributed by atoms with Gasteiger partial charge in [0.05, 0.1) is 18.8 Å². The van der Waals surface area contributed by atoms with Gasteiger partial charge in [-0.2, -0.15) is 5.06 Å². The van der Waals surface area contributed by atoms with Gasteiger partial charge in [-0.1, -0.05) is 5.21 Å². The third kappa shape index (κ3) is 1.55. The number of nitrogens with zero attached hydrogens (tertiary/aromatic N) is 4. The van der Waals surface area contributed by atoms with E-state index in [9.17, 15) is 0 Å². The second-order valence-electron chi connectivity index (χ2n) is 3.06. The van der Waals surface area contributed by atoms with Gasteiger partial charge in [0.2, 0.25) is 0 Å². The van der Waals surface area contributed by atoms with Crippen LogP contribution in [0.3, 0.4) is 0 Å². The predicted molar refractivity (Wildman–Crippen MR) is 43.4 cm³/mol. The van der Waals surface area contributed by atoms with Gasteiger partial charge in [-0.15, -0.1) is 5.10 Å². The first-order valence-corrected chi connectivity index (χ1v) is 4.17. The Hall–Kier alpha value is -0.980. The molecular weight excluding hydrogens is 172 g/mol. The van der Waals surface area contributed by atoms with E-state index in [1.807, 2.05) is 0 Å². The number of hydroxylamine groups is 2. The van der Waals surface area contributed by atoms with Gasteiger partial charge in [0.1, 0.15) is 0 Å². The van der Waals surface area contributed by atoms with Gasteiger partial charge < -0.3 is 5.11 Å². The van der Waals surface area contributed by atoms with Crippen LogP contribution in [0.5, 0.6) is 0 Å². The van der Waals surface area contributed by atoms with Crippen molar-refractivity contribution in [2.75, 3.05) is 13.7 Å². The van der Waals surface area contributed by atoms with E-state index in [0.29, 0.717) is 0 Å². The smallest absolute Gasteiger partial charge is 0.174 e. The molecule has 0 unspecified atom stereocenters. The molecule has 1 aliphatic heterocycles. The van der Waals surface area contributed by atoms with Gasteiger partial charge in [-0.3, -0.25) is 4.84 Å². The third-order valence-electron chi connectivity index (χ3n) is 2.22. The van der Waals surface area contributed by atoms with Crippen LogP contribution < -0.4 is 0 Å².